The summed E-state index contributed by atoms with van der Waals surface area (Å²) in [6.45, 7) is 0.271. The zero-order valence-corrected chi connectivity index (χ0v) is 11.5. The number of hydrogen-bond donors (Lipinski definition) is 1. The summed E-state index contributed by atoms with van der Waals surface area (Å²) in [7, 11) is 1.98. The molecule has 3 rings (SSSR count). The number of nitrogens with one attached hydrogen (secondary N) is 1. The van der Waals surface area contributed by atoms with Gasteiger partial charge in [0.1, 0.15) is 18.2 Å². The van der Waals surface area contributed by atoms with Gasteiger partial charge >= 0.3 is 0 Å². The quantitative estimate of drug-likeness (QED) is 0.917. The van der Waals surface area contributed by atoms with E-state index in [2.05, 4.69) is 11.4 Å². The van der Waals surface area contributed by atoms with Crippen LogP contribution in [0, 0.1) is 5.82 Å². The summed E-state index contributed by atoms with van der Waals surface area (Å²) in [6.07, 6.45) is 2.10. The molecule has 0 heterocycles. The molecule has 20 heavy (non-hydrogen) atoms. The fourth-order valence-corrected chi connectivity index (χ4v) is 2.83. The summed E-state index contributed by atoms with van der Waals surface area (Å²) in [4.78, 5) is 0. The molecule has 2 nitrogen and oxygen atoms in total. The van der Waals surface area contributed by atoms with Crippen molar-refractivity contribution in [3.8, 4) is 5.75 Å². The lowest BCUT2D eigenvalue weighted by Crippen LogP contribution is -2.12. The van der Waals surface area contributed by atoms with Crippen molar-refractivity contribution < 1.29 is 9.13 Å². The maximum atomic E-state index is 13.6. The Labute approximate surface area is 118 Å². The van der Waals surface area contributed by atoms with Gasteiger partial charge in [-0.15, -0.1) is 0 Å². The molecule has 0 saturated carbocycles. The molecule has 0 radical (unpaired) electrons. The second-order valence-corrected chi connectivity index (χ2v) is 5.08. The summed E-state index contributed by atoms with van der Waals surface area (Å²) in [6, 6.07) is 13.3. The molecule has 0 fully saturated rings. The van der Waals surface area contributed by atoms with Crippen molar-refractivity contribution >= 4 is 0 Å². The highest BCUT2D eigenvalue weighted by Gasteiger charge is 2.23. The molecule has 0 amide bonds. The molecule has 1 aliphatic carbocycles. The van der Waals surface area contributed by atoms with Crippen molar-refractivity contribution in [2.45, 2.75) is 25.5 Å². The van der Waals surface area contributed by atoms with Crippen molar-refractivity contribution in [2.24, 2.45) is 0 Å². The normalized spacial score (nSPS) is 17.0. The molecule has 0 spiro atoms. The lowest BCUT2D eigenvalue weighted by atomic mass is 10.1. The summed E-state index contributed by atoms with van der Waals surface area (Å²) in [5.74, 6) is 0.664. The molecule has 0 saturated heterocycles. The molecule has 0 bridgehead atoms. The van der Waals surface area contributed by atoms with Crippen LogP contribution < -0.4 is 10.1 Å². The lowest BCUT2D eigenvalue weighted by Gasteiger charge is -2.13. The number of hydrogen-bond acceptors (Lipinski definition) is 2. The standard InChI is InChI=1S/C17H18FNO/c1-19-16-10-9-14-13(16)6-4-8-17(14)20-11-12-5-2-3-7-15(12)18/h2-8,16,19H,9-11H2,1H3. The number of ether oxygens (including phenoxy) is 1. The molecule has 2 aromatic rings. The van der Waals surface area contributed by atoms with Crippen molar-refractivity contribution in [1.29, 1.82) is 0 Å². The van der Waals surface area contributed by atoms with E-state index in [-0.39, 0.29) is 12.4 Å². The third-order valence-corrected chi connectivity index (χ3v) is 3.92. The highest BCUT2D eigenvalue weighted by molar-refractivity contribution is 5.45. The molecule has 0 aliphatic heterocycles. The monoisotopic (exact) mass is 271 g/mol. The Morgan fingerprint density at radius 1 is 1.20 bits per heavy atom. The Morgan fingerprint density at radius 3 is 2.85 bits per heavy atom. The van der Waals surface area contributed by atoms with Crippen LogP contribution in [-0.2, 0) is 13.0 Å². The molecular weight excluding hydrogens is 253 g/mol. The highest BCUT2D eigenvalue weighted by atomic mass is 19.1. The maximum absolute atomic E-state index is 13.6. The van der Waals surface area contributed by atoms with E-state index >= 15 is 0 Å². The SMILES string of the molecule is CNC1CCc2c(OCc3ccccc3F)cccc21. The lowest BCUT2D eigenvalue weighted by molar-refractivity contribution is 0.297. The molecule has 1 aliphatic rings. The fraction of sp³-hybridized carbons (Fsp3) is 0.294. The van der Waals surface area contributed by atoms with Crippen molar-refractivity contribution in [1.82, 2.24) is 5.32 Å². The Hall–Kier alpha value is -1.87. The van der Waals surface area contributed by atoms with Crippen LogP contribution in [0.25, 0.3) is 0 Å². The number of rotatable bonds is 4. The molecule has 1 N–H and O–H groups in total. The van der Waals surface area contributed by atoms with Gasteiger partial charge in [-0.2, -0.15) is 0 Å². The highest BCUT2D eigenvalue weighted by Crippen LogP contribution is 2.36. The first-order chi connectivity index (χ1) is 9.79. The molecule has 1 atom stereocenters. The molecule has 104 valence electrons. The Kier molecular flexibility index (Phi) is 3.70. The molecule has 3 heteroatoms. The topological polar surface area (TPSA) is 21.3 Å². The van der Waals surface area contributed by atoms with Gasteiger partial charge in [-0.25, -0.2) is 4.39 Å². The average Bonchev–Trinajstić information content (AvgIpc) is 2.90. The Balaban J connectivity index is 1.79. The van der Waals surface area contributed by atoms with Crippen molar-refractivity contribution in [3.63, 3.8) is 0 Å². The van der Waals surface area contributed by atoms with E-state index in [0.717, 1.165) is 18.6 Å². The van der Waals surface area contributed by atoms with Gasteiger partial charge in [0.05, 0.1) is 0 Å². The summed E-state index contributed by atoms with van der Waals surface area (Å²) in [5.41, 5.74) is 3.15. The smallest absolute Gasteiger partial charge is 0.129 e. The maximum Gasteiger partial charge on any atom is 0.129 e. The second kappa shape index (κ2) is 5.63. The predicted molar refractivity (Wildman–Crippen MR) is 77.3 cm³/mol. The van der Waals surface area contributed by atoms with Crippen molar-refractivity contribution in [2.75, 3.05) is 7.05 Å². The van der Waals surface area contributed by atoms with E-state index in [1.165, 1.54) is 17.2 Å². The van der Waals surface area contributed by atoms with E-state index in [4.69, 9.17) is 4.74 Å². The first-order valence-electron chi connectivity index (χ1n) is 6.95. The first-order valence-corrected chi connectivity index (χ1v) is 6.95. The van der Waals surface area contributed by atoms with Crippen LogP contribution in [0.3, 0.4) is 0 Å². The summed E-state index contributed by atoms with van der Waals surface area (Å²) >= 11 is 0. The van der Waals surface area contributed by atoms with Gasteiger partial charge in [0.15, 0.2) is 0 Å². The van der Waals surface area contributed by atoms with E-state index in [1.807, 2.05) is 25.2 Å². The summed E-state index contributed by atoms with van der Waals surface area (Å²) in [5, 5.41) is 3.31. The van der Waals surface area contributed by atoms with Gasteiger partial charge in [-0.1, -0.05) is 30.3 Å². The van der Waals surface area contributed by atoms with Crippen molar-refractivity contribution in [3.05, 3.63) is 65.0 Å². The third kappa shape index (κ3) is 2.41. The van der Waals surface area contributed by atoms with Crippen LogP contribution >= 0.6 is 0 Å². The van der Waals surface area contributed by atoms with E-state index in [9.17, 15) is 4.39 Å². The summed E-state index contributed by atoms with van der Waals surface area (Å²) < 4.78 is 19.4. The van der Waals surface area contributed by atoms with Crippen LogP contribution in [0.4, 0.5) is 4.39 Å². The van der Waals surface area contributed by atoms with E-state index in [0.29, 0.717) is 11.6 Å². The molecule has 1 unspecified atom stereocenters. The minimum absolute atomic E-state index is 0.215. The van der Waals surface area contributed by atoms with Gasteiger partial charge < -0.3 is 10.1 Å². The zero-order chi connectivity index (χ0) is 13.9. The second-order valence-electron chi connectivity index (χ2n) is 5.08. The molecule has 0 aromatic heterocycles. The van der Waals surface area contributed by atoms with Crippen LogP contribution in [0.5, 0.6) is 5.75 Å². The fourth-order valence-electron chi connectivity index (χ4n) is 2.83. The van der Waals surface area contributed by atoms with Crippen LogP contribution in [0.2, 0.25) is 0 Å². The Bertz CT molecular complexity index is 612. The zero-order valence-electron chi connectivity index (χ0n) is 11.5. The number of benzene rings is 2. The van der Waals surface area contributed by atoms with Gasteiger partial charge in [0.2, 0.25) is 0 Å². The van der Waals surface area contributed by atoms with E-state index < -0.39 is 0 Å². The third-order valence-electron chi connectivity index (χ3n) is 3.92. The largest absolute Gasteiger partial charge is 0.489 e. The van der Waals surface area contributed by atoms with Crippen LogP contribution in [0.1, 0.15) is 29.2 Å². The van der Waals surface area contributed by atoms with Gasteiger partial charge in [-0.05, 0) is 43.1 Å². The van der Waals surface area contributed by atoms with Gasteiger partial charge in [0.25, 0.3) is 0 Å². The van der Waals surface area contributed by atoms with Crippen LogP contribution in [-0.4, -0.2) is 7.05 Å². The average molecular weight is 271 g/mol. The minimum Gasteiger partial charge on any atom is -0.489 e. The number of fused-ring (bicyclic) bond motifs is 1. The molecule has 2 aromatic carbocycles. The Morgan fingerprint density at radius 2 is 2.05 bits per heavy atom. The first kappa shape index (κ1) is 13.1. The van der Waals surface area contributed by atoms with Gasteiger partial charge in [-0.3, -0.25) is 0 Å². The van der Waals surface area contributed by atoms with E-state index in [1.54, 1.807) is 12.1 Å². The minimum atomic E-state index is -0.215. The van der Waals surface area contributed by atoms with Crippen LogP contribution in [0.15, 0.2) is 42.5 Å². The molecular formula is C17H18FNO. The predicted octanol–water partition coefficient (Wildman–Crippen LogP) is 3.61. The number of halogens is 1. The van der Waals surface area contributed by atoms with Gasteiger partial charge in [0, 0.05) is 11.6 Å².